The number of amides is 1. The summed E-state index contributed by atoms with van der Waals surface area (Å²) in [5, 5.41) is 6.72. The van der Waals surface area contributed by atoms with Crippen LogP contribution in [0.1, 0.15) is 18.7 Å². The van der Waals surface area contributed by atoms with Gasteiger partial charge in [0, 0.05) is 5.39 Å². The predicted octanol–water partition coefficient (Wildman–Crippen LogP) is 1.83. The van der Waals surface area contributed by atoms with Crippen molar-refractivity contribution in [3.05, 3.63) is 36.1 Å². The molecule has 90 valence electrons. The highest BCUT2D eigenvalue weighted by Gasteiger charge is 2.13. The zero-order chi connectivity index (χ0) is 12.3. The third-order valence-electron chi connectivity index (χ3n) is 2.59. The van der Waals surface area contributed by atoms with Gasteiger partial charge in [-0.15, -0.1) is 0 Å². The summed E-state index contributed by atoms with van der Waals surface area (Å²) in [6.45, 7) is 2.22. The number of hydrogen-bond acceptors (Lipinski definition) is 3. The second kappa shape index (κ2) is 5.01. The summed E-state index contributed by atoms with van der Waals surface area (Å²) in [5.41, 5.74) is 0.845. The average Bonchev–Trinajstić information content (AvgIpc) is 2.72. The standard InChI is InChI=1S/C13H16N2O2/c1-9(15-13(16)8-14-2)12-7-10-5-3-4-6-11(10)17-12/h3-7,9,14H,8H2,1-2H3,(H,15,16). The smallest absolute Gasteiger partial charge is 0.234 e. The van der Waals surface area contributed by atoms with E-state index in [-0.39, 0.29) is 11.9 Å². The van der Waals surface area contributed by atoms with Crippen LogP contribution >= 0.6 is 0 Å². The fraction of sp³-hybridized carbons (Fsp3) is 0.308. The Labute approximate surface area is 100.0 Å². The lowest BCUT2D eigenvalue weighted by Gasteiger charge is -2.10. The Morgan fingerprint density at radius 2 is 2.18 bits per heavy atom. The molecule has 2 aromatic rings. The van der Waals surface area contributed by atoms with E-state index in [4.69, 9.17) is 4.42 Å². The van der Waals surface area contributed by atoms with Gasteiger partial charge in [-0.25, -0.2) is 0 Å². The van der Waals surface area contributed by atoms with Crippen molar-refractivity contribution < 1.29 is 9.21 Å². The van der Waals surface area contributed by atoms with Gasteiger partial charge < -0.3 is 15.1 Å². The molecule has 0 bridgehead atoms. The highest BCUT2D eigenvalue weighted by atomic mass is 16.3. The number of rotatable bonds is 4. The summed E-state index contributed by atoms with van der Waals surface area (Å²) in [5.74, 6) is 0.733. The van der Waals surface area contributed by atoms with E-state index in [0.717, 1.165) is 16.7 Å². The molecule has 1 heterocycles. The van der Waals surface area contributed by atoms with E-state index < -0.39 is 0 Å². The van der Waals surface area contributed by atoms with Crippen molar-refractivity contribution in [3.63, 3.8) is 0 Å². The van der Waals surface area contributed by atoms with Crippen LogP contribution < -0.4 is 10.6 Å². The van der Waals surface area contributed by atoms with Crippen LogP contribution in [0.5, 0.6) is 0 Å². The number of benzene rings is 1. The van der Waals surface area contributed by atoms with Crippen LogP contribution in [0, 0.1) is 0 Å². The van der Waals surface area contributed by atoms with Crippen molar-refractivity contribution in [3.8, 4) is 0 Å². The number of fused-ring (bicyclic) bond motifs is 1. The lowest BCUT2D eigenvalue weighted by molar-refractivity contribution is -0.120. The molecule has 0 aliphatic heterocycles. The molecule has 2 N–H and O–H groups in total. The van der Waals surface area contributed by atoms with Gasteiger partial charge in [-0.05, 0) is 26.1 Å². The van der Waals surface area contributed by atoms with Crippen molar-refractivity contribution in [2.24, 2.45) is 0 Å². The second-order valence-corrected chi connectivity index (χ2v) is 4.01. The highest BCUT2D eigenvalue weighted by molar-refractivity contribution is 5.80. The van der Waals surface area contributed by atoms with Gasteiger partial charge in [0.15, 0.2) is 0 Å². The molecule has 0 fully saturated rings. The molecule has 2 rings (SSSR count). The van der Waals surface area contributed by atoms with Crippen molar-refractivity contribution in [1.29, 1.82) is 0 Å². The maximum absolute atomic E-state index is 11.4. The number of furan rings is 1. The molecule has 0 aliphatic rings. The van der Waals surface area contributed by atoms with E-state index in [1.807, 2.05) is 37.3 Å². The number of hydrogen-bond donors (Lipinski definition) is 2. The molecule has 4 nitrogen and oxygen atoms in total. The Morgan fingerprint density at radius 1 is 1.41 bits per heavy atom. The first-order chi connectivity index (χ1) is 8.20. The largest absolute Gasteiger partial charge is 0.459 e. The fourth-order valence-electron chi connectivity index (χ4n) is 1.74. The summed E-state index contributed by atoms with van der Waals surface area (Å²) >= 11 is 0. The summed E-state index contributed by atoms with van der Waals surface area (Å²) in [7, 11) is 1.74. The third-order valence-corrected chi connectivity index (χ3v) is 2.59. The van der Waals surface area contributed by atoms with E-state index in [9.17, 15) is 4.79 Å². The minimum atomic E-state index is -0.122. The Kier molecular flexibility index (Phi) is 3.44. The molecule has 4 heteroatoms. The van der Waals surface area contributed by atoms with Crippen molar-refractivity contribution in [2.75, 3.05) is 13.6 Å². The summed E-state index contributed by atoms with van der Waals surface area (Å²) in [6, 6.07) is 9.64. The molecule has 0 saturated carbocycles. The van der Waals surface area contributed by atoms with Crippen LogP contribution in [0.3, 0.4) is 0 Å². The first kappa shape index (κ1) is 11.7. The Morgan fingerprint density at radius 3 is 2.88 bits per heavy atom. The molecule has 1 aromatic carbocycles. The quantitative estimate of drug-likeness (QED) is 0.845. The monoisotopic (exact) mass is 232 g/mol. The molecule has 0 spiro atoms. The molecule has 1 amide bonds. The Hall–Kier alpha value is -1.81. The molecule has 17 heavy (non-hydrogen) atoms. The normalized spacial score (nSPS) is 12.6. The van der Waals surface area contributed by atoms with E-state index in [1.54, 1.807) is 7.05 Å². The first-order valence-electron chi connectivity index (χ1n) is 5.63. The Balaban J connectivity index is 2.13. The molecule has 0 aliphatic carbocycles. The summed E-state index contributed by atoms with van der Waals surface area (Å²) in [6.07, 6.45) is 0. The van der Waals surface area contributed by atoms with Crippen LogP contribution in [0.2, 0.25) is 0 Å². The number of carbonyl (C=O) groups excluding carboxylic acids is 1. The van der Waals surface area contributed by atoms with Gasteiger partial charge >= 0.3 is 0 Å². The Bertz CT molecular complexity index is 486. The summed E-state index contributed by atoms with van der Waals surface area (Å²) < 4.78 is 5.67. The van der Waals surface area contributed by atoms with Gasteiger partial charge in [0.25, 0.3) is 0 Å². The van der Waals surface area contributed by atoms with E-state index >= 15 is 0 Å². The van der Waals surface area contributed by atoms with Crippen LogP contribution in [0.25, 0.3) is 11.0 Å². The van der Waals surface area contributed by atoms with Gasteiger partial charge in [0.2, 0.25) is 5.91 Å². The molecule has 1 aromatic heterocycles. The predicted molar refractivity (Wildman–Crippen MR) is 66.7 cm³/mol. The number of carbonyl (C=O) groups is 1. The maximum atomic E-state index is 11.4. The molecule has 1 unspecified atom stereocenters. The van der Waals surface area contributed by atoms with Gasteiger partial charge in [-0.1, -0.05) is 18.2 Å². The molecular weight excluding hydrogens is 216 g/mol. The molecule has 0 radical (unpaired) electrons. The van der Waals surface area contributed by atoms with Crippen LogP contribution in [0.15, 0.2) is 34.7 Å². The second-order valence-electron chi connectivity index (χ2n) is 4.01. The van der Waals surface area contributed by atoms with Crippen molar-refractivity contribution >= 4 is 16.9 Å². The zero-order valence-electron chi connectivity index (χ0n) is 9.99. The van der Waals surface area contributed by atoms with E-state index in [1.165, 1.54) is 0 Å². The molecule has 0 saturated heterocycles. The lowest BCUT2D eigenvalue weighted by Crippen LogP contribution is -2.33. The first-order valence-corrected chi connectivity index (χ1v) is 5.63. The van der Waals surface area contributed by atoms with Crippen LogP contribution in [0.4, 0.5) is 0 Å². The number of nitrogens with one attached hydrogen (secondary N) is 2. The van der Waals surface area contributed by atoms with Crippen molar-refractivity contribution in [2.45, 2.75) is 13.0 Å². The van der Waals surface area contributed by atoms with E-state index in [0.29, 0.717) is 6.54 Å². The SMILES string of the molecule is CNCC(=O)NC(C)c1cc2ccccc2o1. The summed E-state index contributed by atoms with van der Waals surface area (Å²) in [4.78, 5) is 11.4. The number of likely N-dealkylation sites (N-methyl/N-ethyl adjacent to an activating group) is 1. The maximum Gasteiger partial charge on any atom is 0.234 e. The van der Waals surface area contributed by atoms with Crippen LogP contribution in [-0.2, 0) is 4.79 Å². The molecular formula is C13H16N2O2. The van der Waals surface area contributed by atoms with Crippen LogP contribution in [-0.4, -0.2) is 19.5 Å². The minimum absolute atomic E-state index is 0.0412. The average molecular weight is 232 g/mol. The van der Waals surface area contributed by atoms with Crippen molar-refractivity contribution in [1.82, 2.24) is 10.6 Å². The fourth-order valence-corrected chi connectivity index (χ4v) is 1.74. The molecule has 1 atom stereocenters. The zero-order valence-corrected chi connectivity index (χ0v) is 9.99. The minimum Gasteiger partial charge on any atom is -0.459 e. The van der Waals surface area contributed by atoms with Gasteiger partial charge in [-0.2, -0.15) is 0 Å². The lowest BCUT2D eigenvalue weighted by atomic mass is 10.2. The van der Waals surface area contributed by atoms with Gasteiger partial charge in [0.1, 0.15) is 11.3 Å². The highest BCUT2D eigenvalue weighted by Crippen LogP contribution is 2.23. The van der Waals surface area contributed by atoms with Gasteiger partial charge in [-0.3, -0.25) is 4.79 Å². The number of para-hydroxylation sites is 1. The van der Waals surface area contributed by atoms with Gasteiger partial charge in [0.05, 0.1) is 12.6 Å². The topological polar surface area (TPSA) is 54.3 Å². The van der Waals surface area contributed by atoms with E-state index in [2.05, 4.69) is 10.6 Å². The third kappa shape index (κ3) is 2.65.